The molecule has 0 bridgehead atoms. The Hall–Kier alpha value is -1.37. The summed E-state index contributed by atoms with van der Waals surface area (Å²) in [6.45, 7) is 3.99. The first-order valence-electron chi connectivity index (χ1n) is 4.34. The van der Waals surface area contributed by atoms with Gasteiger partial charge in [0.05, 0.1) is 0 Å². The summed E-state index contributed by atoms with van der Waals surface area (Å²) in [6, 6.07) is 9.16. The smallest absolute Gasteiger partial charge is 0.131 e. The highest BCUT2D eigenvalue weighted by Crippen LogP contribution is 2.22. The molecule has 0 fully saturated rings. The van der Waals surface area contributed by atoms with Gasteiger partial charge in [0.15, 0.2) is 0 Å². The molecule has 0 aliphatic carbocycles. The molecule has 0 unspecified atom stereocenters. The Labute approximate surface area is 77.0 Å². The monoisotopic (exact) mass is 174 g/mol. The lowest BCUT2D eigenvalue weighted by molar-refractivity contribution is 0.640. The molecule has 2 aromatic rings. The molecule has 0 aromatic heterocycles. The zero-order valence-electron chi connectivity index (χ0n) is 7.76. The van der Waals surface area contributed by atoms with Crippen molar-refractivity contribution in [3.05, 3.63) is 47.3 Å². The second kappa shape index (κ2) is 2.84. The molecule has 0 nitrogen and oxygen atoms in total. The van der Waals surface area contributed by atoms with Gasteiger partial charge in [0.1, 0.15) is 5.82 Å². The van der Waals surface area contributed by atoms with Crippen LogP contribution < -0.4 is 0 Å². The molecular formula is C12H11F. The van der Waals surface area contributed by atoms with Gasteiger partial charge < -0.3 is 0 Å². The quantitative estimate of drug-likeness (QED) is 0.572. The standard InChI is InChI=1S/C12H11F/c1-8-6-9(2)10-4-3-5-12(13)11(10)7-8/h3-7H,1-2H3. The number of hydrogen-bond acceptors (Lipinski definition) is 0. The van der Waals surface area contributed by atoms with Gasteiger partial charge in [-0.25, -0.2) is 4.39 Å². The second-order valence-corrected chi connectivity index (χ2v) is 3.42. The second-order valence-electron chi connectivity index (χ2n) is 3.42. The van der Waals surface area contributed by atoms with E-state index in [9.17, 15) is 4.39 Å². The van der Waals surface area contributed by atoms with Gasteiger partial charge in [0, 0.05) is 5.39 Å². The van der Waals surface area contributed by atoms with Gasteiger partial charge in [-0.2, -0.15) is 0 Å². The molecule has 0 spiro atoms. The maximum atomic E-state index is 13.3. The fraction of sp³-hybridized carbons (Fsp3) is 0.167. The van der Waals surface area contributed by atoms with E-state index in [4.69, 9.17) is 0 Å². The van der Waals surface area contributed by atoms with E-state index in [1.807, 2.05) is 26.0 Å². The normalized spacial score (nSPS) is 10.7. The molecule has 0 amide bonds. The number of rotatable bonds is 0. The van der Waals surface area contributed by atoms with Crippen LogP contribution in [0.1, 0.15) is 11.1 Å². The first-order valence-corrected chi connectivity index (χ1v) is 4.34. The Morgan fingerprint density at radius 3 is 2.54 bits per heavy atom. The highest BCUT2D eigenvalue weighted by Gasteiger charge is 2.02. The highest BCUT2D eigenvalue weighted by atomic mass is 19.1. The fourth-order valence-corrected chi connectivity index (χ4v) is 1.72. The molecule has 0 radical (unpaired) electrons. The SMILES string of the molecule is Cc1cc(C)c2cccc(F)c2c1. The van der Waals surface area contributed by atoms with E-state index in [0.717, 1.165) is 21.9 Å². The third-order valence-electron chi connectivity index (χ3n) is 2.29. The predicted molar refractivity (Wildman–Crippen MR) is 53.4 cm³/mol. The van der Waals surface area contributed by atoms with Crippen molar-refractivity contribution in [2.75, 3.05) is 0 Å². The molecule has 0 heterocycles. The molecule has 13 heavy (non-hydrogen) atoms. The van der Waals surface area contributed by atoms with Crippen molar-refractivity contribution in [2.45, 2.75) is 13.8 Å². The van der Waals surface area contributed by atoms with Crippen molar-refractivity contribution in [1.29, 1.82) is 0 Å². The Morgan fingerprint density at radius 1 is 1.00 bits per heavy atom. The van der Waals surface area contributed by atoms with E-state index in [1.54, 1.807) is 6.07 Å². The van der Waals surface area contributed by atoms with Crippen LogP contribution in [0.2, 0.25) is 0 Å². The van der Waals surface area contributed by atoms with Crippen molar-refractivity contribution in [1.82, 2.24) is 0 Å². The fourth-order valence-electron chi connectivity index (χ4n) is 1.72. The maximum absolute atomic E-state index is 13.3. The van der Waals surface area contributed by atoms with Crippen LogP contribution in [0, 0.1) is 19.7 Å². The van der Waals surface area contributed by atoms with E-state index >= 15 is 0 Å². The molecule has 0 atom stereocenters. The summed E-state index contributed by atoms with van der Waals surface area (Å²) < 4.78 is 13.3. The Morgan fingerprint density at radius 2 is 1.77 bits per heavy atom. The minimum Gasteiger partial charge on any atom is -0.206 e. The van der Waals surface area contributed by atoms with Gasteiger partial charge in [0.25, 0.3) is 0 Å². The topological polar surface area (TPSA) is 0 Å². The number of halogens is 1. The van der Waals surface area contributed by atoms with Crippen LogP contribution in [-0.4, -0.2) is 0 Å². The first-order chi connectivity index (χ1) is 6.18. The average Bonchev–Trinajstić information content (AvgIpc) is 2.07. The van der Waals surface area contributed by atoms with Gasteiger partial charge in [0.2, 0.25) is 0 Å². The van der Waals surface area contributed by atoms with Crippen LogP contribution in [0.5, 0.6) is 0 Å². The molecule has 2 aromatic carbocycles. The van der Waals surface area contributed by atoms with Crippen molar-refractivity contribution >= 4 is 10.8 Å². The molecule has 0 saturated heterocycles. The molecule has 0 saturated carbocycles. The lowest BCUT2D eigenvalue weighted by Crippen LogP contribution is -1.84. The molecular weight excluding hydrogens is 163 g/mol. The molecule has 0 aliphatic rings. The summed E-state index contributed by atoms with van der Waals surface area (Å²) >= 11 is 0. The van der Waals surface area contributed by atoms with E-state index in [1.165, 1.54) is 6.07 Å². The van der Waals surface area contributed by atoms with Crippen LogP contribution in [0.15, 0.2) is 30.3 Å². The third-order valence-corrected chi connectivity index (χ3v) is 2.29. The Balaban J connectivity index is 2.94. The van der Waals surface area contributed by atoms with Gasteiger partial charge in [-0.1, -0.05) is 23.8 Å². The van der Waals surface area contributed by atoms with Gasteiger partial charge in [-0.15, -0.1) is 0 Å². The molecule has 0 N–H and O–H groups in total. The third kappa shape index (κ3) is 1.31. The summed E-state index contributed by atoms with van der Waals surface area (Å²) in [5, 5.41) is 1.73. The Bertz CT molecular complexity index is 458. The van der Waals surface area contributed by atoms with E-state index in [-0.39, 0.29) is 5.82 Å². The zero-order chi connectivity index (χ0) is 9.42. The molecule has 0 aliphatic heterocycles. The number of hydrogen-bond donors (Lipinski definition) is 0. The summed E-state index contributed by atoms with van der Waals surface area (Å²) in [4.78, 5) is 0. The van der Waals surface area contributed by atoms with Crippen LogP contribution in [0.4, 0.5) is 4.39 Å². The van der Waals surface area contributed by atoms with Crippen molar-refractivity contribution < 1.29 is 4.39 Å². The summed E-state index contributed by atoms with van der Waals surface area (Å²) in [7, 11) is 0. The number of fused-ring (bicyclic) bond motifs is 1. The number of benzene rings is 2. The minimum atomic E-state index is -0.135. The Kier molecular flexibility index (Phi) is 1.80. The van der Waals surface area contributed by atoms with Crippen molar-refractivity contribution in [3.8, 4) is 0 Å². The van der Waals surface area contributed by atoms with Crippen LogP contribution in [-0.2, 0) is 0 Å². The predicted octanol–water partition coefficient (Wildman–Crippen LogP) is 3.60. The summed E-state index contributed by atoms with van der Waals surface area (Å²) in [5.74, 6) is -0.135. The van der Waals surface area contributed by atoms with Gasteiger partial charge >= 0.3 is 0 Å². The first kappa shape index (κ1) is 8.24. The van der Waals surface area contributed by atoms with E-state index < -0.39 is 0 Å². The van der Waals surface area contributed by atoms with E-state index in [2.05, 4.69) is 6.07 Å². The van der Waals surface area contributed by atoms with E-state index in [0.29, 0.717) is 0 Å². The lowest BCUT2D eigenvalue weighted by atomic mass is 10.0. The zero-order valence-corrected chi connectivity index (χ0v) is 7.76. The van der Waals surface area contributed by atoms with Crippen LogP contribution >= 0.6 is 0 Å². The maximum Gasteiger partial charge on any atom is 0.131 e. The summed E-state index contributed by atoms with van der Waals surface area (Å²) in [5.41, 5.74) is 2.24. The average molecular weight is 174 g/mol. The highest BCUT2D eigenvalue weighted by molar-refractivity contribution is 5.86. The molecule has 66 valence electrons. The van der Waals surface area contributed by atoms with Crippen molar-refractivity contribution in [2.24, 2.45) is 0 Å². The minimum absolute atomic E-state index is 0.135. The molecule has 1 heteroatoms. The summed E-state index contributed by atoms with van der Waals surface area (Å²) in [6.07, 6.45) is 0. The van der Waals surface area contributed by atoms with Crippen LogP contribution in [0.25, 0.3) is 10.8 Å². The van der Waals surface area contributed by atoms with Crippen molar-refractivity contribution in [3.63, 3.8) is 0 Å². The number of aryl methyl sites for hydroxylation is 2. The van der Waals surface area contributed by atoms with Crippen LogP contribution in [0.3, 0.4) is 0 Å². The molecule has 2 rings (SSSR count). The van der Waals surface area contributed by atoms with Gasteiger partial charge in [-0.05, 0) is 36.9 Å². The lowest BCUT2D eigenvalue weighted by Gasteiger charge is -2.04. The van der Waals surface area contributed by atoms with Gasteiger partial charge in [-0.3, -0.25) is 0 Å². The largest absolute Gasteiger partial charge is 0.206 e.